The van der Waals surface area contributed by atoms with Gasteiger partial charge in [0.15, 0.2) is 0 Å². The molecule has 0 fully saturated rings. The number of nitrogens with two attached hydrogens (primary N) is 1. The average Bonchev–Trinajstić information content (AvgIpc) is 2.76. The third-order valence-corrected chi connectivity index (χ3v) is 1.95. The van der Waals surface area contributed by atoms with Gasteiger partial charge in [-0.1, -0.05) is 27.7 Å². The summed E-state index contributed by atoms with van der Waals surface area (Å²) in [5.41, 5.74) is 7.34. The van der Waals surface area contributed by atoms with Crippen molar-refractivity contribution < 1.29 is 4.39 Å². The summed E-state index contributed by atoms with van der Waals surface area (Å²) in [6, 6.07) is 4.64. The summed E-state index contributed by atoms with van der Waals surface area (Å²) in [7, 11) is 0. The Kier molecular flexibility index (Phi) is 7.21. The number of halogens is 1. The summed E-state index contributed by atoms with van der Waals surface area (Å²) in [5.74, 6) is -0.225. The van der Waals surface area contributed by atoms with E-state index in [0.717, 1.165) is 16.5 Å². The van der Waals surface area contributed by atoms with Gasteiger partial charge < -0.3 is 10.7 Å². The molecule has 16 heavy (non-hydrogen) atoms. The van der Waals surface area contributed by atoms with Crippen molar-refractivity contribution in [2.75, 3.05) is 0 Å². The zero-order chi connectivity index (χ0) is 12.6. The van der Waals surface area contributed by atoms with Gasteiger partial charge in [-0.15, -0.1) is 0 Å². The Morgan fingerprint density at radius 3 is 2.38 bits per heavy atom. The molecule has 2 aromatic rings. The van der Waals surface area contributed by atoms with Gasteiger partial charge in [-0.2, -0.15) is 0 Å². The average molecular weight is 224 g/mol. The van der Waals surface area contributed by atoms with Gasteiger partial charge >= 0.3 is 0 Å². The second kappa shape index (κ2) is 7.88. The summed E-state index contributed by atoms with van der Waals surface area (Å²) in [5, 5.41) is 0.873. The highest BCUT2D eigenvalue weighted by atomic mass is 19.1. The van der Waals surface area contributed by atoms with Crippen molar-refractivity contribution in [2.45, 2.75) is 34.2 Å². The number of nitrogens with one attached hydrogen (secondary N) is 1. The smallest absolute Gasteiger partial charge is 0.123 e. The van der Waals surface area contributed by atoms with Crippen molar-refractivity contribution in [2.24, 2.45) is 5.73 Å². The van der Waals surface area contributed by atoms with Crippen molar-refractivity contribution in [3.63, 3.8) is 0 Å². The molecule has 2 nitrogen and oxygen atoms in total. The van der Waals surface area contributed by atoms with E-state index >= 15 is 0 Å². The van der Waals surface area contributed by atoms with E-state index in [1.807, 2.05) is 33.9 Å². The summed E-state index contributed by atoms with van der Waals surface area (Å²) < 4.78 is 12.8. The SMILES string of the molecule is CC.CC.NCc1c[nH]c2ccc(F)cc12. The number of aromatic nitrogens is 1. The van der Waals surface area contributed by atoms with Crippen LogP contribution in [0.3, 0.4) is 0 Å². The maximum Gasteiger partial charge on any atom is 0.123 e. The number of fused-ring (bicyclic) bond motifs is 1. The fraction of sp³-hybridized carbons (Fsp3) is 0.385. The van der Waals surface area contributed by atoms with E-state index in [9.17, 15) is 4.39 Å². The first kappa shape index (κ1) is 14.6. The molecule has 1 aromatic heterocycles. The first-order valence-electron chi connectivity index (χ1n) is 5.77. The Morgan fingerprint density at radius 1 is 1.19 bits per heavy atom. The van der Waals surface area contributed by atoms with Crippen LogP contribution in [-0.4, -0.2) is 4.98 Å². The highest BCUT2D eigenvalue weighted by Crippen LogP contribution is 2.18. The molecule has 0 aliphatic rings. The van der Waals surface area contributed by atoms with Gasteiger partial charge in [0.05, 0.1) is 0 Å². The van der Waals surface area contributed by atoms with Gasteiger partial charge in [-0.25, -0.2) is 4.39 Å². The quantitative estimate of drug-likeness (QED) is 0.759. The molecule has 3 N–H and O–H groups in total. The molecule has 0 aliphatic heterocycles. The molecular weight excluding hydrogens is 203 g/mol. The van der Waals surface area contributed by atoms with Crippen LogP contribution in [0, 0.1) is 5.82 Å². The lowest BCUT2D eigenvalue weighted by atomic mass is 10.2. The van der Waals surface area contributed by atoms with E-state index in [2.05, 4.69) is 4.98 Å². The van der Waals surface area contributed by atoms with Crippen LogP contribution in [-0.2, 0) is 6.54 Å². The number of H-pyrrole nitrogens is 1. The molecule has 3 heteroatoms. The van der Waals surface area contributed by atoms with E-state index in [4.69, 9.17) is 5.73 Å². The lowest BCUT2D eigenvalue weighted by molar-refractivity contribution is 0.629. The molecule has 0 bridgehead atoms. The van der Waals surface area contributed by atoms with E-state index in [1.165, 1.54) is 12.1 Å². The molecule has 1 heterocycles. The molecule has 0 saturated heterocycles. The maximum atomic E-state index is 12.8. The fourth-order valence-corrected chi connectivity index (χ4v) is 1.32. The molecular formula is C13H21FN2. The number of hydrogen-bond donors (Lipinski definition) is 2. The molecule has 0 aliphatic carbocycles. The van der Waals surface area contributed by atoms with E-state index < -0.39 is 0 Å². The van der Waals surface area contributed by atoms with E-state index in [1.54, 1.807) is 6.07 Å². The fourth-order valence-electron chi connectivity index (χ4n) is 1.32. The Balaban J connectivity index is 0.000000509. The minimum Gasteiger partial charge on any atom is -0.361 e. The molecule has 1 aromatic carbocycles. The van der Waals surface area contributed by atoms with Crippen LogP contribution >= 0.6 is 0 Å². The van der Waals surface area contributed by atoms with Gasteiger partial charge in [0.1, 0.15) is 5.82 Å². The zero-order valence-corrected chi connectivity index (χ0v) is 10.5. The molecule has 0 spiro atoms. The minimum absolute atomic E-state index is 0.225. The van der Waals surface area contributed by atoms with E-state index in [0.29, 0.717) is 6.54 Å². The first-order valence-corrected chi connectivity index (χ1v) is 5.77. The van der Waals surface area contributed by atoms with Crippen LogP contribution in [0.4, 0.5) is 4.39 Å². The Morgan fingerprint density at radius 2 is 1.81 bits per heavy atom. The van der Waals surface area contributed by atoms with Gasteiger partial charge in [-0.05, 0) is 23.8 Å². The van der Waals surface area contributed by atoms with Crippen LogP contribution in [0.1, 0.15) is 33.3 Å². The largest absolute Gasteiger partial charge is 0.361 e. The third kappa shape index (κ3) is 3.35. The predicted octanol–water partition coefficient (Wildman–Crippen LogP) is 3.82. The lowest BCUT2D eigenvalue weighted by Crippen LogP contribution is -1.94. The van der Waals surface area contributed by atoms with Gasteiger partial charge in [0.2, 0.25) is 0 Å². The van der Waals surface area contributed by atoms with Gasteiger partial charge in [0.25, 0.3) is 0 Å². The monoisotopic (exact) mass is 224 g/mol. The van der Waals surface area contributed by atoms with Crippen molar-refractivity contribution in [3.8, 4) is 0 Å². The van der Waals surface area contributed by atoms with Crippen LogP contribution in [0.15, 0.2) is 24.4 Å². The van der Waals surface area contributed by atoms with Crippen LogP contribution in [0.5, 0.6) is 0 Å². The summed E-state index contributed by atoms with van der Waals surface area (Å²) in [6.07, 6.45) is 1.81. The van der Waals surface area contributed by atoms with Crippen molar-refractivity contribution >= 4 is 10.9 Å². The maximum absolute atomic E-state index is 12.8. The highest BCUT2D eigenvalue weighted by Gasteiger charge is 2.01. The molecule has 0 radical (unpaired) electrons. The second-order valence-electron chi connectivity index (χ2n) is 2.71. The molecule has 0 unspecified atom stereocenters. The molecule has 2 rings (SSSR count). The van der Waals surface area contributed by atoms with Gasteiger partial charge in [-0.3, -0.25) is 0 Å². The number of benzene rings is 1. The number of rotatable bonds is 1. The highest BCUT2D eigenvalue weighted by molar-refractivity contribution is 5.83. The molecule has 0 saturated carbocycles. The Labute approximate surface area is 96.7 Å². The predicted molar refractivity (Wildman–Crippen MR) is 68.8 cm³/mol. The minimum atomic E-state index is -0.225. The van der Waals surface area contributed by atoms with Crippen LogP contribution < -0.4 is 5.73 Å². The second-order valence-corrected chi connectivity index (χ2v) is 2.71. The van der Waals surface area contributed by atoms with Crippen molar-refractivity contribution in [3.05, 3.63) is 35.8 Å². The number of aromatic amines is 1. The third-order valence-electron chi connectivity index (χ3n) is 1.95. The number of hydrogen-bond acceptors (Lipinski definition) is 1. The summed E-state index contributed by atoms with van der Waals surface area (Å²) in [4.78, 5) is 3.02. The van der Waals surface area contributed by atoms with Crippen molar-refractivity contribution in [1.29, 1.82) is 0 Å². The zero-order valence-electron chi connectivity index (χ0n) is 10.5. The summed E-state index contributed by atoms with van der Waals surface area (Å²) >= 11 is 0. The molecule has 0 atom stereocenters. The van der Waals surface area contributed by atoms with Crippen LogP contribution in [0.25, 0.3) is 10.9 Å². The van der Waals surface area contributed by atoms with Crippen molar-refractivity contribution in [1.82, 2.24) is 4.98 Å². The van der Waals surface area contributed by atoms with Gasteiger partial charge in [0, 0.05) is 23.6 Å². The lowest BCUT2D eigenvalue weighted by Gasteiger charge is -1.93. The normalized spacial score (nSPS) is 8.88. The topological polar surface area (TPSA) is 41.8 Å². The summed E-state index contributed by atoms with van der Waals surface area (Å²) in [6.45, 7) is 8.43. The molecule has 90 valence electrons. The first-order chi connectivity index (χ1) is 7.81. The standard InChI is InChI=1S/C9H9FN2.2C2H6/c10-7-1-2-9-8(3-7)6(4-11)5-12-9;2*1-2/h1-3,5,12H,4,11H2;2*1-2H3. The van der Waals surface area contributed by atoms with Crippen LogP contribution in [0.2, 0.25) is 0 Å². The molecule has 0 amide bonds. The Bertz CT molecular complexity index is 407. The Hall–Kier alpha value is -1.35. The van der Waals surface area contributed by atoms with E-state index in [-0.39, 0.29) is 5.82 Å².